The number of hydrogen-bond donors (Lipinski definition) is 0. The van der Waals surface area contributed by atoms with Crippen LogP contribution in [0, 0.1) is 6.92 Å². The third-order valence-electron chi connectivity index (χ3n) is 5.38. The van der Waals surface area contributed by atoms with E-state index >= 15 is 0 Å². The number of thiazole rings is 1. The van der Waals surface area contributed by atoms with Gasteiger partial charge in [0, 0.05) is 0 Å². The molecule has 0 N–H and O–H groups in total. The lowest BCUT2D eigenvalue weighted by Gasteiger charge is -2.20. The van der Waals surface area contributed by atoms with Gasteiger partial charge in [-0.25, -0.2) is 4.98 Å². The fraction of sp³-hybridized carbons (Fsp3) is 0.231. The van der Waals surface area contributed by atoms with E-state index in [1.165, 1.54) is 5.56 Å². The number of benzene rings is 3. The summed E-state index contributed by atoms with van der Waals surface area (Å²) in [5.41, 5.74) is 5.28. The van der Waals surface area contributed by atoms with E-state index in [-0.39, 0.29) is 5.91 Å². The Balaban J connectivity index is 1.67. The molecule has 0 aliphatic carbocycles. The Morgan fingerprint density at radius 1 is 1.00 bits per heavy atom. The first-order valence-corrected chi connectivity index (χ1v) is 11.3. The van der Waals surface area contributed by atoms with Crippen LogP contribution in [-0.2, 0) is 24.2 Å². The Labute approximate surface area is 187 Å². The van der Waals surface area contributed by atoms with Crippen LogP contribution in [0.1, 0.15) is 29.2 Å². The van der Waals surface area contributed by atoms with Crippen molar-refractivity contribution in [3.63, 3.8) is 0 Å². The van der Waals surface area contributed by atoms with E-state index in [4.69, 9.17) is 9.72 Å². The highest BCUT2D eigenvalue weighted by molar-refractivity contribution is 7.22. The molecule has 0 fully saturated rings. The van der Waals surface area contributed by atoms with E-state index in [1.807, 2.05) is 66.4 Å². The maximum absolute atomic E-state index is 13.4. The van der Waals surface area contributed by atoms with Crippen molar-refractivity contribution < 1.29 is 9.53 Å². The SMILES string of the molecule is CCc1ccc2nc(N(Cc3ccccc3)C(=O)Cc3ccc(OC)c(C)c3)sc2c1. The summed E-state index contributed by atoms with van der Waals surface area (Å²) in [7, 11) is 1.66. The first-order valence-electron chi connectivity index (χ1n) is 10.4. The Hall–Kier alpha value is -3.18. The van der Waals surface area contributed by atoms with Gasteiger partial charge >= 0.3 is 0 Å². The van der Waals surface area contributed by atoms with E-state index < -0.39 is 0 Å². The van der Waals surface area contributed by atoms with Gasteiger partial charge in [0.2, 0.25) is 5.91 Å². The highest BCUT2D eigenvalue weighted by Crippen LogP contribution is 2.31. The predicted molar refractivity (Wildman–Crippen MR) is 128 cm³/mol. The molecule has 1 heterocycles. The van der Waals surface area contributed by atoms with Crippen molar-refractivity contribution in [2.45, 2.75) is 33.2 Å². The van der Waals surface area contributed by atoms with E-state index in [1.54, 1.807) is 18.4 Å². The second-order valence-corrected chi connectivity index (χ2v) is 8.61. The molecule has 0 saturated carbocycles. The largest absolute Gasteiger partial charge is 0.496 e. The molecule has 0 spiro atoms. The third kappa shape index (κ3) is 4.78. The Morgan fingerprint density at radius 2 is 1.77 bits per heavy atom. The van der Waals surface area contributed by atoms with E-state index in [0.29, 0.717) is 13.0 Å². The summed E-state index contributed by atoms with van der Waals surface area (Å²) in [6.07, 6.45) is 1.29. The maximum atomic E-state index is 13.4. The molecule has 0 unspecified atom stereocenters. The third-order valence-corrected chi connectivity index (χ3v) is 6.42. The smallest absolute Gasteiger partial charge is 0.233 e. The molecule has 3 aromatic carbocycles. The zero-order valence-corrected chi connectivity index (χ0v) is 18.9. The standard InChI is InChI=1S/C26H26N2O2S/c1-4-19-10-12-22-24(15-19)31-26(27-22)28(17-20-8-6-5-7-9-20)25(29)16-21-11-13-23(30-3)18(2)14-21/h5-15H,4,16-17H2,1-3H3. The molecule has 0 atom stereocenters. The van der Waals surface area contributed by atoms with Crippen LogP contribution in [0.5, 0.6) is 5.75 Å². The summed E-state index contributed by atoms with van der Waals surface area (Å²) in [5.74, 6) is 0.860. The first kappa shape index (κ1) is 21.1. The number of hydrogen-bond acceptors (Lipinski definition) is 4. The molecule has 1 amide bonds. The molecule has 0 aliphatic heterocycles. The molecule has 4 rings (SSSR count). The number of carbonyl (C=O) groups is 1. The molecule has 0 saturated heterocycles. The van der Waals surface area contributed by atoms with Crippen molar-refractivity contribution in [3.05, 3.63) is 89.0 Å². The van der Waals surface area contributed by atoms with Gasteiger partial charge in [0.15, 0.2) is 5.13 Å². The quantitative estimate of drug-likeness (QED) is 0.364. The second-order valence-electron chi connectivity index (χ2n) is 7.60. The molecule has 158 valence electrons. The normalized spacial score (nSPS) is 10.9. The van der Waals surface area contributed by atoms with Gasteiger partial charge < -0.3 is 4.74 Å². The maximum Gasteiger partial charge on any atom is 0.233 e. The summed E-state index contributed by atoms with van der Waals surface area (Å²) < 4.78 is 6.46. The molecule has 0 aliphatic rings. The first-order chi connectivity index (χ1) is 15.1. The van der Waals surface area contributed by atoms with Crippen LogP contribution < -0.4 is 9.64 Å². The number of aryl methyl sites for hydroxylation is 2. The summed E-state index contributed by atoms with van der Waals surface area (Å²) in [6, 6.07) is 22.3. The van der Waals surface area contributed by atoms with Crippen LogP contribution in [0.3, 0.4) is 0 Å². The van der Waals surface area contributed by atoms with Gasteiger partial charge in [-0.3, -0.25) is 9.69 Å². The van der Waals surface area contributed by atoms with E-state index in [2.05, 4.69) is 19.1 Å². The minimum absolute atomic E-state index is 0.0307. The predicted octanol–water partition coefficient (Wildman–Crippen LogP) is 5.95. The number of carbonyl (C=O) groups excluding carboxylic acids is 1. The average Bonchev–Trinajstić information content (AvgIpc) is 3.21. The average molecular weight is 431 g/mol. The number of nitrogens with zero attached hydrogens (tertiary/aromatic N) is 2. The zero-order valence-electron chi connectivity index (χ0n) is 18.1. The van der Waals surface area contributed by atoms with Crippen molar-refractivity contribution in [2.24, 2.45) is 0 Å². The van der Waals surface area contributed by atoms with Crippen LogP contribution in [-0.4, -0.2) is 18.0 Å². The lowest BCUT2D eigenvalue weighted by molar-refractivity contribution is -0.118. The zero-order chi connectivity index (χ0) is 21.8. The number of fused-ring (bicyclic) bond motifs is 1. The minimum atomic E-state index is 0.0307. The van der Waals surface area contributed by atoms with Crippen LogP contribution >= 0.6 is 11.3 Å². The van der Waals surface area contributed by atoms with Gasteiger partial charge in [-0.05, 0) is 53.8 Å². The van der Waals surface area contributed by atoms with Gasteiger partial charge in [-0.2, -0.15) is 0 Å². The van der Waals surface area contributed by atoms with Crippen LogP contribution in [0.4, 0.5) is 5.13 Å². The van der Waals surface area contributed by atoms with Gasteiger partial charge in [0.25, 0.3) is 0 Å². The van der Waals surface area contributed by atoms with Crippen molar-refractivity contribution in [1.82, 2.24) is 4.98 Å². The minimum Gasteiger partial charge on any atom is -0.496 e. The molecular weight excluding hydrogens is 404 g/mol. The number of rotatable bonds is 7. The molecule has 4 nitrogen and oxygen atoms in total. The summed E-state index contributed by atoms with van der Waals surface area (Å²) in [5, 5.41) is 0.738. The summed E-state index contributed by atoms with van der Waals surface area (Å²) in [6.45, 7) is 4.63. The fourth-order valence-corrected chi connectivity index (χ4v) is 4.69. The molecule has 4 aromatic rings. The number of methoxy groups -OCH3 is 1. The highest BCUT2D eigenvalue weighted by Gasteiger charge is 2.21. The number of aromatic nitrogens is 1. The van der Waals surface area contributed by atoms with Crippen molar-refractivity contribution in [2.75, 3.05) is 12.0 Å². The number of amides is 1. The van der Waals surface area contributed by atoms with Crippen LogP contribution in [0.25, 0.3) is 10.2 Å². The Bertz CT molecular complexity index is 1200. The Kier molecular flexibility index (Phi) is 6.33. The Morgan fingerprint density at radius 3 is 2.48 bits per heavy atom. The van der Waals surface area contributed by atoms with Gasteiger partial charge in [0.05, 0.1) is 30.3 Å². The van der Waals surface area contributed by atoms with Crippen molar-refractivity contribution in [3.8, 4) is 5.75 Å². The molecule has 31 heavy (non-hydrogen) atoms. The molecule has 0 radical (unpaired) electrons. The fourth-order valence-electron chi connectivity index (χ4n) is 3.64. The molecular formula is C26H26N2O2S. The van der Waals surface area contributed by atoms with E-state index in [0.717, 1.165) is 44.2 Å². The van der Waals surface area contributed by atoms with Gasteiger partial charge in [-0.1, -0.05) is 66.8 Å². The lowest BCUT2D eigenvalue weighted by Crippen LogP contribution is -2.31. The summed E-state index contributed by atoms with van der Waals surface area (Å²) >= 11 is 1.58. The highest BCUT2D eigenvalue weighted by atomic mass is 32.1. The molecule has 1 aromatic heterocycles. The summed E-state index contributed by atoms with van der Waals surface area (Å²) in [4.78, 5) is 20.1. The molecule has 5 heteroatoms. The molecule has 0 bridgehead atoms. The second kappa shape index (κ2) is 9.31. The van der Waals surface area contributed by atoms with Crippen molar-refractivity contribution in [1.29, 1.82) is 0 Å². The van der Waals surface area contributed by atoms with Gasteiger partial charge in [-0.15, -0.1) is 0 Å². The van der Waals surface area contributed by atoms with Gasteiger partial charge in [0.1, 0.15) is 5.75 Å². The topological polar surface area (TPSA) is 42.4 Å². The van der Waals surface area contributed by atoms with Crippen LogP contribution in [0.2, 0.25) is 0 Å². The number of ether oxygens (including phenoxy) is 1. The lowest BCUT2D eigenvalue weighted by atomic mass is 10.1. The van der Waals surface area contributed by atoms with Crippen molar-refractivity contribution >= 4 is 32.6 Å². The van der Waals surface area contributed by atoms with Crippen LogP contribution in [0.15, 0.2) is 66.7 Å². The number of anilines is 1. The van der Waals surface area contributed by atoms with E-state index in [9.17, 15) is 4.79 Å². The monoisotopic (exact) mass is 430 g/mol.